The monoisotopic (exact) mass is 146 g/mol. The van der Waals surface area contributed by atoms with Crippen LogP contribution in [0.15, 0.2) is 0 Å². The van der Waals surface area contributed by atoms with Crippen molar-refractivity contribution >= 4 is 6.29 Å². The number of rotatable bonds is 2. The van der Waals surface area contributed by atoms with Crippen LogP contribution in [-0.4, -0.2) is 25.7 Å². The maximum Gasteiger partial charge on any atom is 0.158 e. The number of ether oxygens (including phenoxy) is 1. The molecule has 0 aromatic rings. The van der Waals surface area contributed by atoms with Gasteiger partial charge in [0.2, 0.25) is 0 Å². The van der Waals surface area contributed by atoms with Crippen molar-refractivity contribution in [2.75, 3.05) is 13.2 Å². The van der Waals surface area contributed by atoms with Crippen LogP contribution in [0.2, 0.25) is 0 Å². The van der Waals surface area contributed by atoms with Crippen molar-refractivity contribution in [2.45, 2.75) is 19.0 Å². The van der Waals surface area contributed by atoms with Crippen molar-refractivity contribution < 1.29 is 13.9 Å². The Morgan fingerprint density at radius 2 is 2.10 bits per heavy atom. The van der Waals surface area contributed by atoms with E-state index in [1.807, 2.05) is 0 Å². The molecule has 1 fully saturated rings. The van der Waals surface area contributed by atoms with Crippen molar-refractivity contribution in [3.63, 3.8) is 0 Å². The van der Waals surface area contributed by atoms with E-state index < -0.39 is 6.17 Å². The molecule has 1 heterocycles. The number of hydrogen-bond donors (Lipinski definition) is 0. The first-order chi connectivity index (χ1) is 4.84. The van der Waals surface area contributed by atoms with Crippen LogP contribution in [0.1, 0.15) is 12.8 Å². The summed E-state index contributed by atoms with van der Waals surface area (Å²) < 4.78 is 17.6. The van der Waals surface area contributed by atoms with E-state index in [-0.39, 0.29) is 5.92 Å². The van der Waals surface area contributed by atoms with Gasteiger partial charge in [-0.3, -0.25) is 0 Å². The minimum absolute atomic E-state index is 0.0914. The largest absolute Gasteiger partial charge is 0.381 e. The van der Waals surface area contributed by atoms with Gasteiger partial charge in [-0.25, -0.2) is 4.39 Å². The van der Waals surface area contributed by atoms with E-state index >= 15 is 0 Å². The molecule has 2 nitrogen and oxygen atoms in total. The first-order valence-corrected chi connectivity index (χ1v) is 3.51. The Hall–Kier alpha value is -0.440. The third-order valence-electron chi connectivity index (χ3n) is 1.85. The first kappa shape index (κ1) is 7.66. The van der Waals surface area contributed by atoms with Crippen molar-refractivity contribution in [1.29, 1.82) is 0 Å². The Morgan fingerprint density at radius 3 is 2.60 bits per heavy atom. The first-order valence-electron chi connectivity index (χ1n) is 3.51. The van der Waals surface area contributed by atoms with Crippen LogP contribution < -0.4 is 0 Å². The van der Waals surface area contributed by atoms with E-state index in [9.17, 15) is 9.18 Å². The SMILES string of the molecule is O=C[C@@H](F)C1CCOCC1. The maximum absolute atomic E-state index is 12.6. The summed E-state index contributed by atoms with van der Waals surface area (Å²) in [6.45, 7) is 1.19. The number of hydrogen-bond acceptors (Lipinski definition) is 2. The minimum atomic E-state index is -1.27. The van der Waals surface area contributed by atoms with Crippen LogP contribution in [0.5, 0.6) is 0 Å². The lowest BCUT2D eigenvalue weighted by atomic mass is 9.96. The Labute approximate surface area is 59.4 Å². The molecule has 0 unspecified atom stereocenters. The van der Waals surface area contributed by atoms with Crippen LogP contribution in [-0.2, 0) is 9.53 Å². The normalized spacial score (nSPS) is 24.1. The molecule has 0 amide bonds. The molecule has 1 aliphatic rings. The van der Waals surface area contributed by atoms with Crippen LogP contribution in [0.3, 0.4) is 0 Å². The van der Waals surface area contributed by atoms with Crippen LogP contribution >= 0.6 is 0 Å². The third kappa shape index (κ3) is 1.77. The van der Waals surface area contributed by atoms with E-state index in [2.05, 4.69) is 0 Å². The Bertz CT molecular complexity index is 110. The number of carbonyl (C=O) groups excluding carboxylic acids is 1. The van der Waals surface area contributed by atoms with E-state index in [4.69, 9.17) is 4.74 Å². The van der Waals surface area contributed by atoms with Gasteiger partial charge in [0.25, 0.3) is 0 Å². The number of aldehydes is 1. The molecule has 0 spiro atoms. The molecule has 1 aliphatic heterocycles. The molecule has 0 saturated carbocycles. The number of alkyl halides is 1. The summed E-state index contributed by atoms with van der Waals surface area (Å²) in [5.74, 6) is -0.0914. The third-order valence-corrected chi connectivity index (χ3v) is 1.85. The second kappa shape index (κ2) is 3.66. The molecular formula is C7H11FO2. The fourth-order valence-electron chi connectivity index (χ4n) is 1.15. The molecule has 3 heteroatoms. The van der Waals surface area contributed by atoms with Gasteiger partial charge in [0.15, 0.2) is 12.5 Å². The summed E-state index contributed by atoms with van der Waals surface area (Å²) in [6.07, 6.45) is 0.472. The fourth-order valence-corrected chi connectivity index (χ4v) is 1.15. The quantitative estimate of drug-likeness (QED) is 0.542. The van der Waals surface area contributed by atoms with Gasteiger partial charge in [-0.2, -0.15) is 0 Å². The fraction of sp³-hybridized carbons (Fsp3) is 0.857. The Kier molecular flexibility index (Phi) is 2.81. The average molecular weight is 146 g/mol. The van der Waals surface area contributed by atoms with Crippen molar-refractivity contribution in [1.82, 2.24) is 0 Å². The van der Waals surface area contributed by atoms with Gasteiger partial charge in [-0.15, -0.1) is 0 Å². The molecule has 0 aromatic heterocycles. The molecule has 10 heavy (non-hydrogen) atoms. The van der Waals surface area contributed by atoms with Gasteiger partial charge >= 0.3 is 0 Å². The van der Waals surface area contributed by atoms with Gasteiger partial charge < -0.3 is 9.53 Å². The summed E-state index contributed by atoms with van der Waals surface area (Å²) in [4.78, 5) is 9.99. The molecule has 1 rings (SSSR count). The summed E-state index contributed by atoms with van der Waals surface area (Å²) in [5, 5.41) is 0. The highest BCUT2D eigenvalue weighted by molar-refractivity contribution is 5.56. The highest BCUT2D eigenvalue weighted by atomic mass is 19.1. The van der Waals surface area contributed by atoms with Crippen LogP contribution in [0, 0.1) is 5.92 Å². The topological polar surface area (TPSA) is 26.3 Å². The van der Waals surface area contributed by atoms with Crippen molar-refractivity contribution in [2.24, 2.45) is 5.92 Å². The summed E-state index contributed by atoms with van der Waals surface area (Å²) >= 11 is 0. The summed E-state index contributed by atoms with van der Waals surface area (Å²) in [6, 6.07) is 0. The maximum atomic E-state index is 12.6. The zero-order valence-corrected chi connectivity index (χ0v) is 5.75. The molecule has 0 N–H and O–H groups in total. The standard InChI is InChI=1S/C7H11FO2/c8-7(5-9)6-1-3-10-4-2-6/h5-7H,1-4H2/t7-/m1/s1. The van der Waals surface area contributed by atoms with Gasteiger partial charge in [0, 0.05) is 19.1 Å². The highest BCUT2D eigenvalue weighted by Gasteiger charge is 2.22. The molecule has 58 valence electrons. The lowest BCUT2D eigenvalue weighted by Gasteiger charge is -2.21. The number of carbonyl (C=O) groups is 1. The van der Waals surface area contributed by atoms with Crippen LogP contribution in [0.4, 0.5) is 4.39 Å². The van der Waals surface area contributed by atoms with Gasteiger partial charge in [0.1, 0.15) is 0 Å². The zero-order chi connectivity index (χ0) is 7.40. The van der Waals surface area contributed by atoms with E-state index in [1.54, 1.807) is 0 Å². The van der Waals surface area contributed by atoms with E-state index in [0.717, 1.165) is 0 Å². The van der Waals surface area contributed by atoms with Crippen LogP contribution in [0.25, 0.3) is 0 Å². The lowest BCUT2D eigenvalue weighted by molar-refractivity contribution is -0.114. The van der Waals surface area contributed by atoms with Gasteiger partial charge in [-0.05, 0) is 12.8 Å². The highest BCUT2D eigenvalue weighted by Crippen LogP contribution is 2.19. The summed E-state index contributed by atoms with van der Waals surface area (Å²) in [5.41, 5.74) is 0. The molecular weight excluding hydrogens is 135 g/mol. The predicted molar refractivity (Wildman–Crippen MR) is 34.5 cm³/mol. The van der Waals surface area contributed by atoms with Crippen molar-refractivity contribution in [3.8, 4) is 0 Å². The van der Waals surface area contributed by atoms with Gasteiger partial charge in [-0.1, -0.05) is 0 Å². The Balaban J connectivity index is 2.30. The average Bonchev–Trinajstić information content (AvgIpc) is 2.05. The van der Waals surface area contributed by atoms with E-state index in [0.29, 0.717) is 32.3 Å². The lowest BCUT2D eigenvalue weighted by Crippen LogP contribution is -2.25. The second-order valence-corrected chi connectivity index (χ2v) is 2.53. The molecule has 0 aliphatic carbocycles. The second-order valence-electron chi connectivity index (χ2n) is 2.53. The number of halogens is 1. The zero-order valence-electron chi connectivity index (χ0n) is 5.75. The van der Waals surface area contributed by atoms with E-state index in [1.165, 1.54) is 0 Å². The molecule has 0 bridgehead atoms. The Morgan fingerprint density at radius 1 is 1.50 bits per heavy atom. The minimum Gasteiger partial charge on any atom is -0.381 e. The molecule has 0 aromatic carbocycles. The molecule has 1 saturated heterocycles. The smallest absolute Gasteiger partial charge is 0.158 e. The predicted octanol–water partition coefficient (Wildman–Crippen LogP) is 0.950. The molecule has 1 atom stereocenters. The molecule has 0 radical (unpaired) electrons. The van der Waals surface area contributed by atoms with Crippen molar-refractivity contribution in [3.05, 3.63) is 0 Å². The summed E-state index contributed by atoms with van der Waals surface area (Å²) in [7, 11) is 0. The van der Waals surface area contributed by atoms with Gasteiger partial charge in [0.05, 0.1) is 0 Å².